The van der Waals surface area contributed by atoms with Gasteiger partial charge < -0.3 is 14.7 Å². The fraction of sp³-hybridized carbons (Fsp3) is 0.500. The molecule has 0 radical (unpaired) electrons. The molecule has 2 amide bonds. The Balaban J connectivity index is 2.61. The summed E-state index contributed by atoms with van der Waals surface area (Å²) in [7, 11) is 3.26. The number of nitrogens with zero attached hydrogens (tertiary/aromatic N) is 2. The van der Waals surface area contributed by atoms with Gasteiger partial charge in [0.15, 0.2) is 0 Å². The lowest BCUT2D eigenvalue weighted by atomic mass is 10.3. The normalized spacial score (nSPS) is 12.0. The van der Waals surface area contributed by atoms with E-state index in [1.54, 1.807) is 27.9 Å². The van der Waals surface area contributed by atoms with Crippen molar-refractivity contribution in [3.05, 3.63) is 17.5 Å². The number of carbonyl (C=O) groups is 2. The average molecular weight is 225 g/mol. The zero-order valence-corrected chi connectivity index (χ0v) is 9.77. The Labute approximate surface area is 93.6 Å². The van der Waals surface area contributed by atoms with Gasteiger partial charge in [-0.2, -0.15) is 0 Å². The van der Waals surface area contributed by atoms with Crippen molar-refractivity contribution in [2.24, 2.45) is 0 Å². The Hall–Kier alpha value is -1.85. The van der Waals surface area contributed by atoms with Gasteiger partial charge in [-0.3, -0.25) is 9.59 Å². The summed E-state index contributed by atoms with van der Waals surface area (Å²) in [5, 5.41) is 6.12. The molecule has 0 fully saturated rings. The summed E-state index contributed by atoms with van der Waals surface area (Å²) in [5.41, 5.74) is 0.622. The molecule has 1 atom stereocenters. The summed E-state index contributed by atoms with van der Waals surface area (Å²) in [5.74, 6) is -0.510. The van der Waals surface area contributed by atoms with Crippen molar-refractivity contribution in [2.45, 2.75) is 19.9 Å². The third-order valence-corrected chi connectivity index (χ3v) is 2.01. The fourth-order valence-electron chi connectivity index (χ4n) is 1.19. The van der Waals surface area contributed by atoms with E-state index in [0.717, 1.165) is 0 Å². The number of hydrogen-bond acceptors (Lipinski definition) is 4. The van der Waals surface area contributed by atoms with E-state index in [0.29, 0.717) is 5.69 Å². The second-order valence-electron chi connectivity index (χ2n) is 3.76. The molecule has 6 heteroatoms. The molecule has 0 aliphatic carbocycles. The van der Waals surface area contributed by atoms with E-state index in [2.05, 4.69) is 10.5 Å². The van der Waals surface area contributed by atoms with Gasteiger partial charge in [0.2, 0.25) is 11.7 Å². The van der Waals surface area contributed by atoms with Crippen LogP contribution >= 0.6 is 0 Å². The van der Waals surface area contributed by atoms with Gasteiger partial charge >= 0.3 is 0 Å². The van der Waals surface area contributed by atoms with Crippen molar-refractivity contribution in [1.29, 1.82) is 0 Å². The maximum Gasteiger partial charge on any atom is 0.290 e. The van der Waals surface area contributed by atoms with Crippen LogP contribution in [0.2, 0.25) is 0 Å². The smallest absolute Gasteiger partial charge is 0.290 e. The summed E-state index contributed by atoms with van der Waals surface area (Å²) < 4.78 is 4.78. The predicted molar refractivity (Wildman–Crippen MR) is 56.9 cm³/mol. The minimum Gasteiger partial charge on any atom is -0.351 e. The Morgan fingerprint density at radius 2 is 2.12 bits per heavy atom. The van der Waals surface area contributed by atoms with Gasteiger partial charge in [-0.1, -0.05) is 5.16 Å². The van der Waals surface area contributed by atoms with Crippen molar-refractivity contribution < 1.29 is 14.1 Å². The highest BCUT2D eigenvalue weighted by molar-refractivity contribution is 5.95. The van der Waals surface area contributed by atoms with Gasteiger partial charge in [-0.15, -0.1) is 0 Å². The lowest BCUT2D eigenvalue weighted by Crippen LogP contribution is -2.44. The molecule has 0 aliphatic rings. The largest absolute Gasteiger partial charge is 0.351 e. The standard InChI is InChI=1S/C10H15N3O3/c1-6-5-8(16-12-6)9(14)11-7(2)10(15)13(3)4/h5,7H,1-4H3,(H,11,14). The molecule has 0 spiro atoms. The molecule has 1 rings (SSSR count). The van der Waals surface area contributed by atoms with E-state index in [1.807, 2.05) is 0 Å². The molecule has 1 aromatic rings. The molecule has 88 valence electrons. The molecule has 1 unspecified atom stereocenters. The van der Waals surface area contributed by atoms with E-state index in [1.165, 1.54) is 11.0 Å². The topological polar surface area (TPSA) is 75.4 Å². The number of likely N-dealkylation sites (N-methyl/N-ethyl adjacent to an activating group) is 1. The van der Waals surface area contributed by atoms with Crippen LogP contribution in [0.5, 0.6) is 0 Å². The summed E-state index contributed by atoms with van der Waals surface area (Å²) in [6.07, 6.45) is 0. The first kappa shape index (κ1) is 12.2. The number of rotatable bonds is 3. The second kappa shape index (κ2) is 4.78. The molecular weight excluding hydrogens is 210 g/mol. The van der Waals surface area contributed by atoms with Crippen LogP contribution in [0.4, 0.5) is 0 Å². The van der Waals surface area contributed by atoms with Gasteiger partial charge in [0.05, 0.1) is 5.69 Å². The summed E-state index contributed by atoms with van der Waals surface area (Å²) in [4.78, 5) is 24.5. The molecule has 0 bridgehead atoms. The molecule has 1 heterocycles. The highest BCUT2D eigenvalue weighted by Crippen LogP contribution is 2.02. The van der Waals surface area contributed by atoms with E-state index >= 15 is 0 Å². The van der Waals surface area contributed by atoms with Crippen LogP contribution in [-0.4, -0.2) is 42.0 Å². The predicted octanol–water partition coefficient (Wildman–Crippen LogP) is 0.190. The van der Waals surface area contributed by atoms with Crippen LogP contribution in [0, 0.1) is 6.92 Å². The van der Waals surface area contributed by atoms with Gasteiger partial charge in [0, 0.05) is 20.2 Å². The first-order valence-electron chi connectivity index (χ1n) is 4.87. The minimum absolute atomic E-state index is 0.107. The Morgan fingerprint density at radius 3 is 2.56 bits per heavy atom. The van der Waals surface area contributed by atoms with Crippen LogP contribution in [-0.2, 0) is 4.79 Å². The zero-order valence-electron chi connectivity index (χ0n) is 9.77. The monoisotopic (exact) mass is 225 g/mol. The maximum atomic E-state index is 11.6. The molecule has 0 saturated heterocycles. The van der Waals surface area contributed by atoms with Crippen molar-refractivity contribution >= 4 is 11.8 Å². The molecule has 0 aromatic carbocycles. The van der Waals surface area contributed by atoms with Crippen LogP contribution in [0.3, 0.4) is 0 Å². The molecule has 16 heavy (non-hydrogen) atoms. The molecular formula is C10H15N3O3. The zero-order chi connectivity index (χ0) is 12.3. The molecule has 1 aromatic heterocycles. The number of hydrogen-bond donors (Lipinski definition) is 1. The lowest BCUT2D eigenvalue weighted by molar-refractivity contribution is -0.130. The summed E-state index contributed by atoms with van der Waals surface area (Å²) in [6, 6.07) is 0.926. The highest BCUT2D eigenvalue weighted by atomic mass is 16.5. The van der Waals surface area contributed by atoms with Crippen molar-refractivity contribution in [2.75, 3.05) is 14.1 Å². The average Bonchev–Trinajstić information content (AvgIpc) is 2.63. The Kier molecular flexibility index (Phi) is 3.65. The Morgan fingerprint density at radius 1 is 1.50 bits per heavy atom. The summed E-state index contributed by atoms with van der Waals surface area (Å²) >= 11 is 0. The quantitative estimate of drug-likeness (QED) is 0.796. The maximum absolute atomic E-state index is 11.6. The number of aryl methyl sites for hydroxylation is 1. The lowest BCUT2D eigenvalue weighted by Gasteiger charge is -2.17. The number of carbonyl (C=O) groups excluding carboxylic acids is 2. The first-order chi connectivity index (χ1) is 7.41. The molecule has 0 saturated carbocycles. The minimum atomic E-state index is -0.590. The highest BCUT2D eigenvalue weighted by Gasteiger charge is 2.20. The Bertz CT molecular complexity index is 398. The van der Waals surface area contributed by atoms with E-state index in [9.17, 15) is 9.59 Å². The fourth-order valence-corrected chi connectivity index (χ4v) is 1.19. The molecule has 6 nitrogen and oxygen atoms in total. The number of aromatic nitrogens is 1. The van der Waals surface area contributed by atoms with Crippen LogP contribution < -0.4 is 5.32 Å². The van der Waals surface area contributed by atoms with Crippen LogP contribution in [0.25, 0.3) is 0 Å². The van der Waals surface area contributed by atoms with Crippen molar-refractivity contribution in [3.8, 4) is 0 Å². The van der Waals surface area contributed by atoms with Gasteiger partial charge in [0.25, 0.3) is 5.91 Å². The third kappa shape index (κ3) is 2.82. The number of nitrogens with one attached hydrogen (secondary N) is 1. The number of amides is 2. The summed E-state index contributed by atoms with van der Waals surface area (Å²) in [6.45, 7) is 3.33. The van der Waals surface area contributed by atoms with Crippen LogP contribution in [0.15, 0.2) is 10.6 Å². The van der Waals surface area contributed by atoms with E-state index in [4.69, 9.17) is 4.52 Å². The van der Waals surface area contributed by atoms with Crippen molar-refractivity contribution in [1.82, 2.24) is 15.4 Å². The van der Waals surface area contributed by atoms with Crippen molar-refractivity contribution in [3.63, 3.8) is 0 Å². The SMILES string of the molecule is Cc1cc(C(=O)NC(C)C(=O)N(C)C)on1. The van der Waals surface area contributed by atoms with Gasteiger partial charge in [-0.25, -0.2) is 0 Å². The van der Waals surface area contributed by atoms with Gasteiger partial charge in [0.1, 0.15) is 6.04 Å². The van der Waals surface area contributed by atoms with Crippen LogP contribution in [0.1, 0.15) is 23.2 Å². The van der Waals surface area contributed by atoms with E-state index in [-0.39, 0.29) is 11.7 Å². The van der Waals surface area contributed by atoms with E-state index < -0.39 is 11.9 Å². The first-order valence-corrected chi connectivity index (χ1v) is 4.87. The van der Waals surface area contributed by atoms with Gasteiger partial charge in [-0.05, 0) is 13.8 Å². The molecule has 0 aliphatic heterocycles. The molecule has 1 N–H and O–H groups in total. The second-order valence-corrected chi connectivity index (χ2v) is 3.76. The third-order valence-electron chi connectivity index (χ3n) is 2.01.